The van der Waals surface area contributed by atoms with Crippen molar-refractivity contribution in [3.63, 3.8) is 0 Å². The minimum Gasteiger partial charge on any atom is -0.330 e. The highest BCUT2D eigenvalue weighted by Crippen LogP contribution is 2.39. The largest absolute Gasteiger partial charge is 0.330 e. The van der Waals surface area contributed by atoms with E-state index in [-0.39, 0.29) is 6.04 Å². The predicted molar refractivity (Wildman–Crippen MR) is 75.3 cm³/mol. The molecule has 2 aliphatic carbocycles. The van der Waals surface area contributed by atoms with E-state index in [2.05, 4.69) is 32.2 Å². The van der Waals surface area contributed by atoms with Crippen molar-refractivity contribution in [2.45, 2.75) is 50.7 Å². The third-order valence-corrected chi connectivity index (χ3v) is 4.82. The van der Waals surface area contributed by atoms with Crippen LogP contribution in [0.4, 0.5) is 0 Å². The quantitative estimate of drug-likeness (QED) is 0.911. The van der Waals surface area contributed by atoms with Crippen molar-refractivity contribution in [1.82, 2.24) is 19.9 Å². The predicted octanol–water partition coefficient (Wildman–Crippen LogP) is 2.82. The molecule has 2 saturated carbocycles. The Kier molecular flexibility index (Phi) is 2.70. The molecule has 2 aliphatic rings. The highest BCUT2D eigenvalue weighted by atomic mass is 32.1. The molecule has 1 N–H and O–H groups in total. The summed E-state index contributed by atoms with van der Waals surface area (Å²) in [5.41, 5.74) is 2.39. The molecular weight excluding hydrogens is 256 g/mol. The van der Waals surface area contributed by atoms with Gasteiger partial charge in [0, 0.05) is 23.2 Å². The van der Waals surface area contributed by atoms with Crippen LogP contribution in [-0.2, 0) is 0 Å². The van der Waals surface area contributed by atoms with E-state index < -0.39 is 0 Å². The summed E-state index contributed by atoms with van der Waals surface area (Å²) in [6.45, 7) is 2.06. The standard InChI is InChI=1S/C14H18N4S/c1-9-7-19-14(16-9)13(17-10-2-3-10)12-6-15-8-18(12)11-4-5-11/h6-8,10-11,13,17H,2-5H2,1H3. The van der Waals surface area contributed by atoms with E-state index in [1.165, 1.54) is 36.4 Å². The second-order valence-electron chi connectivity index (χ2n) is 5.66. The number of rotatable bonds is 5. The van der Waals surface area contributed by atoms with Crippen molar-refractivity contribution in [2.75, 3.05) is 0 Å². The molecule has 1 unspecified atom stereocenters. The van der Waals surface area contributed by atoms with Crippen molar-refractivity contribution >= 4 is 11.3 Å². The minimum absolute atomic E-state index is 0.217. The highest BCUT2D eigenvalue weighted by Gasteiger charge is 2.33. The van der Waals surface area contributed by atoms with E-state index in [1.807, 2.05) is 12.5 Å². The minimum atomic E-state index is 0.217. The van der Waals surface area contributed by atoms with Crippen LogP contribution in [0.2, 0.25) is 0 Å². The first kappa shape index (κ1) is 11.6. The monoisotopic (exact) mass is 274 g/mol. The van der Waals surface area contributed by atoms with E-state index in [0.29, 0.717) is 12.1 Å². The number of hydrogen-bond acceptors (Lipinski definition) is 4. The van der Waals surface area contributed by atoms with Crippen molar-refractivity contribution in [3.8, 4) is 0 Å². The first-order valence-electron chi connectivity index (χ1n) is 7.01. The number of aromatic nitrogens is 3. The molecule has 2 aromatic heterocycles. The second-order valence-corrected chi connectivity index (χ2v) is 6.55. The smallest absolute Gasteiger partial charge is 0.116 e. The van der Waals surface area contributed by atoms with Gasteiger partial charge in [0.05, 0.1) is 18.2 Å². The maximum absolute atomic E-state index is 4.68. The molecule has 2 heterocycles. The fourth-order valence-electron chi connectivity index (χ4n) is 2.47. The number of hydrogen-bond donors (Lipinski definition) is 1. The summed E-state index contributed by atoms with van der Waals surface area (Å²) in [5.74, 6) is 0. The Balaban J connectivity index is 1.69. The molecule has 19 heavy (non-hydrogen) atoms. The number of nitrogens with one attached hydrogen (secondary N) is 1. The number of aryl methyl sites for hydroxylation is 1. The van der Waals surface area contributed by atoms with Gasteiger partial charge in [-0.3, -0.25) is 0 Å². The topological polar surface area (TPSA) is 42.7 Å². The molecule has 0 aliphatic heterocycles. The normalized spacial score (nSPS) is 20.7. The third kappa shape index (κ3) is 2.32. The van der Waals surface area contributed by atoms with Crippen molar-refractivity contribution in [2.24, 2.45) is 0 Å². The summed E-state index contributed by atoms with van der Waals surface area (Å²) in [7, 11) is 0. The average Bonchev–Trinajstić information content (AvgIpc) is 3.33. The molecule has 0 radical (unpaired) electrons. The van der Waals surface area contributed by atoms with Gasteiger partial charge in [0.15, 0.2) is 0 Å². The Morgan fingerprint density at radius 1 is 1.37 bits per heavy atom. The fourth-order valence-corrected chi connectivity index (χ4v) is 3.34. The van der Waals surface area contributed by atoms with Gasteiger partial charge in [-0.25, -0.2) is 9.97 Å². The van der Waals surface area contributed by atoms with Crippen LogP contribution >= 0.6 is 11.3 Å². The zero-order valence-corrected chi connectivity index (χ0v) is 11.9. The van der Waals surface area contributed by atoms with Crippen LogP contribution in [0.15, 0.2) is 17.9 Å². The van der Waals surface area contributed by atoms with Crippen LogP contribution < -0.4 is 5.32 Å². The average molecular weight is 274 g/mol. The van der Waals surface area contributed by atoms with Crippen LogP contribution in [0, 0.1) is 6.92 Å². The van der Waals surface area contributed by atoms with E-state index in [1.54, 1.807) is 11.3 Å². The van der Waals surface area contributed by atoms with Gasteiger partial charge in [-0.1, -0.05) is 0 Å². The van der Waals surface area contributed by atoms with E-state index >= 15 is 0 Å². The third-order valence-electron chi connectivity index (χ3n) is 3.80. The summed E-state index contributed by atoms with van der Waals surface area (Å²) < 4.78 is 2.34. The SMILES string of the molecule is Cc1csc(C(NC2CC2)c2cncn2C2CC2)n1. The van der Waals surface area contributed by atoms with E-state index in [9.17, 15) is 0 Å². The van der Waals surface area contributed by atoms with E-state index in [0.717, 1.165) is 5.69 Å². The van der Waals surface area contributed by atoms with Gasteiger partial charge < -0.3 is 9.88 Å². The van der Waals surface area contributed by atoms with Gasteiger partial charge in [-0.15, -0.1) is 11.3 Å². The molecule has 100 valence electrons. The molecule has 2 fully saturated rings. The lowest BCUT2D eigenvalue weighted by Crippen LogP contribution is -2.26. The van der Waals surface area contributed by atoms with Crippen LogP contribution in [0.5, 0.6) is 0 Å². The second kappa shape index (κ2) is 4.42. The van der Waals surface area contributed by atoms with Gasteiger partial charge in [-0.05, 0) is 32.6 Å². The number of nitrogens with zero attached hydrogens (tertiary/aromatic N) is 3. The zero-order chi connectivity index (χ0) is 12.8. The van der Waals surface area contributed by atoms with Gasteiger partial charge in [-0.2, -0.15) is 0 Å². The molecule has 1 atom stereocenters. The Morgan fingerprint density at radius 3 is 2.84 bits per heavy atom. The van der Waals surface area contributed by atoms with Crippen molar-refractivity contribution in [1.29, 1.82) is 0 Å². The maximum atomic E-state index is 4.68. The van der Waals surface area contributed by atoms with Crippen LogP contribution in [0.25, 0.3) is 0 Å². The highest BCUT2D eigenvalue weighted by molar-refractivity contribution is 7.09. The molecule has 0 saturated heterocycles. The van der Waals surface area contributed by atoms with Crippen LogP contribution in [0.3, 0.4) is 0 Å². The van der Waals surface area contributed by atoms with Gasteiger partial charge in [0.2, 0.25) is 0 Å². The summed E-state index contributed by atoms with van der Waals surface area (Å²) in [4.78, 5) is 9.05. The summed E-state index contributed by atoms with van der Waals surface area (Å²) in [5, 5.41) is 7.04. The molecule has 4 nitrogen and oxygen atoms in total. The summed E-state index contributed by atoms with van der Waals surface area (Å²) >= 11 is 1.75. The lowest BCUT2D eigenvalue weighted by atomic mass is 10.2. The molecule has 0 bridgehead atoms. The van der Waals surface area contributed by atoms with Crippen LogP contribution in [-0.4, -0.2) is 20.6 Å². The fraction of sp³-hybridized carbons (Fsp3) is 0.571. The number of thiazole rings is 1. The summed E-state index contributed by atoms with van der Waals surface area (Å²) in [6, 6.07) is 1.55. The van der Waals surface area contributed by atoms with Gasteiger partial charge >= 0.3 is 0 Å². The van der Waals surface area contributed by atoms with Crippen molar-refractivity contribution in [3.05, 3.63) is 34.3 Å². The summed E-state index contributed by atoms with van der Waals surface area (Å²) in [6.07, 6.45) is 9.15. The number of imidazole rings is 1. The molecule has 4 rings (SSSR count). The molecule has 0 spiro atoms. The Bertz CT molecular complexity index is 580. The maximum Gasteiger partial charge on any atom is 0.116 e. The molecule has 0 aromatic carbocycles. The zero-order valence-electron chi connectivity index (χ0n) is 11.0. The van der Waals surface area contributed by atoms with Gasteiger partial charge in [0.1, 0.15) is 11.0 Å². The lowest BCUT2D eigenvalue weighted by Gasteiger charge is -2.18. The lowest BCUT2D eigenvalue weighted by molar-refractivity contribution is 0.548. The molecular formula is C14H18N4S. The molecule has 2 aromatic rings. The van der Waals surface area contributed by atoms with Crippen molar-refractivity contribution < 1.29 is 0 Å². The van der Waals surface area contributed by atoms with Crippen LogP contribution in [0.1, 0.15) is 54.2 Å². The Morgan fingerprint density at radius 2 is 2.21 bits per heavy atom. The molecule has 0 amide bonds. The van der Waals surface area contributed by atoms with E-state index in [4.69, 9.17) is 0 Å². The van der Waals surface area contributed by atoms with Gasteiger partial charge in [0.25, 0.3) is 0 Å². The molecule has 5 heteroatoms. The Hall–Kier alpha value is -1.20. The first-order chi connectivity index (χ1) is 9.31. The first-order valence-corrected chi connectivity index (χ1v) is 7.89. The Labute approximate surface area is 116 Å².